The van der Waals surface area contributed by atoms with Crippen LogP contribution in [-0.2, 0) is 0 Å². The summed E-state index contributed by atoms with van der Waals surface area (Å²) in [6, 6.07) is 2.63. The first-order valence-electron chi connectivity index (χ1n) is 8.80. The molecule has 2 nitrogen and oxygen atoms in total. The molecule has 0 aromatic rings. The first kappa shape index (κ1) is 12.6. The van der Waals surface area contributed by atoms with E-state index in [1.54, 1.807) is 25.7 Å². The molecule has 2 saturated carbocycles. The Morgan fingerprint density at radius 3 is 2.26 bits per heavy atom. The fourth-order valence-electron chi connectivity index (χ4n) is 5.11. The molecular weight excluding hydrogens is 232 g/mol. The SMILES string of the molecule is CCNC1CC2CCCC(C1)N2CC1(C2CC2)CC1. The van der Waals surface area contributed by atoms with Crippen molar-refractivity contribution >= 4 is 0 Å². The third-order valence-electron chi connectivity index (χ3n) is 6.45. The van der Waals surface area contributed by atoms with Gasteiger partial charge < -0.3 is 5.32 Å². The smallest absolute Gasteiger partial charge is 0.0113 e. The molecule has 2 heterocycles. The van der Waals surface area contributed by atoms with E-state index in [1.165, 1.54) is 38.6 Å². The fraction of sp³-hybridized carbons (Fsp3) is 1.00. The molecule has 0 aromatic heterocycles. The molecule has 2 aliphatic carbocycles. The Morgan fingerprint density at radius 2 is 1.74 bits per heavy atom. The van der Waals surface area contributed by atoms with Crippen molar-refractivity contribution in [1.82, 2.24) is 10.2 Å². The molecule has 0 amide bonds. The minimum absolute atomic E-state index is 0.804. The van der Waals surface area contributed by atoms with Crippen LogP contribution in [0.4, 0.5) is 0 Å². The van der Waals surface area contributed by atoms with Crippen LogP contribution in [0.25, 0.3) is 0 Å². The van der Waals surface area contributed by atoms with Crippen LogP contribution in [0, 0.1) is 11.3 Å². The first-order valence-corrected chi connectivity index (χ1v) is 8.80. The van der Waals surface area contributed by atoms with Crippen LogP contribution in [0.1, 0.15) is 64.7 Å². The van der Waals surface area contributed by atoms with Gasteiger partial charge >= 0.3 is 0 Å². The topological polar surface area (TPSA) is 15.3 Å². The average molecular weight is 262 g/mol. The van der Waals surface area contributed by atoms with E-state index in [1.807, 2.05) is 0 Å². The molecule has 4 aliphatic rings. The highest BCUT2D eigenvalue weighted by atomic mass is 15.2. The standard InChI is InChI=1S/C17H30N2/c1-2-18-14-10-15-4-3-5-16(11-14)19(15)12-17(8-9-17)13-6-7-13/h13-16,18H,2-12H2,1H3. The quantitative estimate of drug-likeness (QED) is 0.818. The van der Waals surface area contributed by atoms with Gasteiger partial charge in [0.25, 0.3) is 0 Å². The van der Waals surface area contributed by atoms with Gasteiger partial charge in [0, 0.05) is 24.7 Å². The third kappa shape index (κ3) is 2.35. The predicted molar refractivity (Wildman–Crippen MR) is 79.2 cm³/mol. The number of nitrogens with one attached hydrogen (secondary N) is 1. The Balaban J connectivity index is 1.44. The Kier molecular flexibility index (Phi) is 3.15. The van der Waals surface area contributed by atoms with E-state index in [0.29, 0.717) is 0 Å². The van der Waals surface area contributed by atoms with Crippen LogP contribution in [0.5, 0.6) is 0 Å². The zero-order valence-electron chi connectivity index (χ0n) is 12.5. The van der Waals surface area contributed by atoms with Crippen molar-refractivity contribution in [2.24, 2.45) is 11.3 Å². The maximum atomic E-state index is 3.72. The second kappa shape index (κ2) is 4.73. The molecule has 2 bridgehead atoms. The minimum atomic E-state index is 0.804. The Hall–Kier alpha value is -0.0800. The van der Waals surface area contributed by atoms with Gasteiger partial charge in [0.05, 0.1) is 0 Å². The lowest BCUT2D eigenvalue weighted by Gasteiger charge is -2.50. The Labute approximate surface area is 118 Å². The highest BCUT2D eigenvalue weighted by molar-refractivity contribution is 5.08. The highest BCUT2D eigenvalue weighted by Gasteiger charge is 2.55. The van der Waals surface area contributed by atoms with Crippen molar-refractivity contribution in [3.63, 3.8) is 0 Å². The molecule has 0 aromatic carbocycles. The monoisotopic (exact) mass is 262 g/mol. The van der Waals surface area contributed by atoms with Gasteiger partial charge in [0.15, 0.2) is 0 Å². The van der Waals surface area contributed by atoms with E-state index >= 15 is 0 Å². The largest absolute Gasteiger partial charge is 0.314 e. The normalized spacial score (nSPS) is 41.2. The van der Waals surface area contributed by atoms with E-state index in [-0.39, 0.29) is 0 Å². The lowest BCUT2D eigenvalue weighted by molar-refractivity contribution is 0.00561. The molecule has 108 valence electrons. The summed E-state index contributed by atoms with van der Waals surface area (Å²) in [4.78, 5) is 2.97. The van der Waals surface area contributed by atoms with E-state index < -0.39 is 0 Å². The van der Waals surface area contributed by atoms with Crippen LogP contribution in [0.15, 0.2) is 0 Å². The molecule has 19 heavy (non-hydrogen) atoms. The van der Waals surface area contributed by atoms with Crippen molar-refractivity contribution < 1.29 is 0 Å². The van der Waals surface area contributed by atoms with Gasteiger partial charge in [0.1, 0.15) is 0 Å². The summed E-state index contributed by atoms with van der Waals surface area (Å²) >= 11 is 0. The van der Waals surface area contributed by atoms with Gasteiger partial charge in [-0.2, -0.15) is 0 Å². The summed E-state index contributed by atoms with van der Waals surface area (Å²) in [6.07, 6.45) is 13.5. The van der Waals surface area contributed by atoms with Crippen LogP contribution >= 0.6 is 0 Å². The second-order valence-corrected chi connectivity index (χ2v) is 7.77. The summed E-state index contributed by atoms with van der Waals surface area (Å²) in [5.41, 5.74) is 0.804. The molecule has 0 spiro atoms. The number of hydrogen-bond donors (Lipinski definition) is 1. The Morgan fingerprint density at radius 1 is 1.05 bits per heavy atom. The maximum Gasteiger partial charge on any atom is 0.0113 e. The molecular formula is C17H30N2. The lowest BCUT2D eigenvalue weighted by Crippen LogP contribution is -2.57. The lowest BCUT2D eigenvalue weighted by atomic mass is 9.80. The van der Waals surface area contributed by atoms with Crippen LogP contribution in [0.3, 0.4) is 0 Å². The molecule has 2 aliphatic heterocycles. The highest BCUT2D eigenvalue weighted by Crippen LogP contribution is 2.62. The van der Waals surface area contributed by atoms with Crippen molar-refractivity contribution in [2.45, 2.75) is 82.8 Å². The zero-order chi connectivity index (χ0) is 12.9. The summed E-state index contributed by atoms with van der Waals surface area (Å²) in [7, 11) is 0. The van der Waals surface area contributed by atoms with Crippen molar-refractivity contribution in [1.29, 1.82) is 0 Å². The van der Waals surface area contributed by atoms with E-state index in [4.69, 9.17) is 0 Å². The predicted octanol–water partition coefficient (Wildman–Crippen LogP) is 3.17. The van der Waals surface area contributed by atoms with Crippen molar-refractivity contribution in [3.05, 3.63) is 0 Å². The molecule has 2 atom stereocenters. The van der Waals surface area contributed by atoms with Gasteiger partial charge in [0.2, 0.25) is 0 Å². The number of piperidine rings is 2. The van der Waals surface area contributed by atoms with Crippen molar-refractivity contribution in [3.8, 4) is 0 Å². The van der Waals surface area contributed by atoms with Crippen LogP contribution < -0.4 is 5.32 Å². The summed E-state index contributed by atoms with van der Waals surface area (Å²) < 4.78 is 0. The third-order valence-corrected chi connectivity index (χ3v) is 6.45. The summed E-state index contributed by atoms with van der Waals surface area (Å²) in [5.74, 6) is 1.12. The summed E-state index contributed by atoms with van der Waals surface area (Å²) in [5, 5.41) is 3.72. The zero-order valence-corrected chi connectivity index (χ0v) is 12.5. The van der Waals surface area contributed by atoms with Gasteiger partial charge in [-0.25, -0.2) is 0 Å². The number of rotatable bonds is 5. The number of fused-ring (bicyclic) bond motifs is 2. The molecule has 2 heteroatoms. The summed E-state index contributed by atoms with van der Waals surface area (Å²) in [6.45, 7) is 4.87. The molecule has 4 rings (SSSR count). The average Bonchev–Trinajstić information content (AvgIpc) is 3.24. The Bertz CT molecular complexity index is 318. The van der Waals surface area contributed by atoms with Gasteiger partial charge in [-0.3, -0.25) is 4.90 Å². The van der Waals surface area contributed by atoms with Crippen LogP contribution in [0.2, 0.25) is 0 Å². The number of hydrogen-bond acceptors (Lipinski definition) is 2. The van der Waals surface area contributed by atoms with Gasteiger partial charge in [-0.1, -0.05) is 13.3 Å². The van der Waals surface area contributed by atoms with Gasteiger partial charge in [-0.05, 0) is 69.2 Å². The molecule has 2 unspecified atom stereocenters. The molecule has 0 radical (unpaired) electrons. The van der Waals surface area contributed by atoms with E-state index in [9.17, 15) is 0 Å². The van der Waals surface area contributed by atoms with E-state index in [0.717, 1.165) is 36.0 Å². The number of nitrogens with zero attached hydrogens (tertiary/aromatic N) is 1. The van der Waals surface area contributed by atoms with Gasteiger partial charge in [-0.15, -0.1) is 0 Å². The molecule has 4 fully saturated rings. The first-order chi connectivity index (χ1) is 9.31. The van der Waals surface area contributed by atoms with E-state index in [2.05, 4.69) is 17.1 Å². The second-order valence-electron chi connectivity index (χ2n) is 7.77. The van der Waals surface area contributed by atoms with Crippen molar-refractivity contribution in [2.75, 3.05) is 13.1 Å². The molecule has 2 saturated heterocycles. The maximum absolute atomic E-state index is 3.72. The molecule has 1 N–H and O–H groups in total. The fourth-order valence-corrected chi connectivity index (χ4v) is 5.11. The van der Waals surface area contributed by atoms with Crippen LogP contribution in [-0.4, -0.2) is 36.1 Å². The minimum Gasteiger partial charge on any atom is -0.314 e.